The number of hydrogen-bond acceptors (Lipinski definition) is 5. The summed E-state index contributed by atoms with van der Waals surface area (Å²) in [6.45, 7) is 6.50. The Morgan fingerprint density at radius 2 is 1.96 bits per heavy atom. The van der Waals surface area contributed by atoms with Crippen molar-refractivity contribution in [3.8, 4) is 11.5 Å². The molecular formula is C19H21IN2O5. The van der Waals surface area contributed by atoms with Crippen LogP contribution >= 0.6 is 22.6 Å². The topological polar surface area (TPSA) is 90.7 Å². The Hall–Kier alpha value is -2.36. The lowest BCUT2D eigenvalue weighted by atomic mass is 10.1. The highest BCUT2D eigenvalue weighted by molar-refractivity contribution is 14.1. The van der Waals surface area contributed by atoms with Gasteiger partial charge in [-0.15, -0.1) is 0 Å². The van der Waals surface area contributed by atoms with Crippen LogP contribution in [0.2, 0.25) is 0 Å². The highest BCUT2D eigenvalue weighted by atomic mass is 127. The van der Waals surface area contributed by atoms with Gasteiger partial charge in [0.15, 0.2) is 11.5 Å². The van der Waals surface area contributed by atoms with Gasteiger partial charge < -0.3 is 14.8 Å². The Bertz CT molecular complexity index is 854. The van der Waals surface area contributed by atoms with Gasteiger partial charge in [0, 0.05) is 22.9 Å². The van der Waals surface area contributed by atoms with Gasteiger partial charge in [0.1, 0.15) is 0 Å². The number of carbonyl (C=O) groups is 1. The van der Waals surface area contributed by atoms with Crippen LogP contribution in [0.4, 0.5) is 11.4 Å². The first-order valence-corrected chi connectivity index (χ1v) is 9.60. The molecular weight excluding hydrogens is 463 g/mol. The maximum absolute atomic E-state index is 12.6. The summed E-state index contributed by atoms with van der Waals surface area (Å²) in [7, 11) is 0. The maximum Gasteiger partial charge on any atom is 0.274 e. The van der Waals surface area contributed by atoms with Crippen LogP contribution in [-0.2, 0) is 0 Å². The van der Waals surface area contributed by atoms with Crippen molar-refractivity contribution in [2.45, 2.75) is 27.2 Å². The fraction of sp³-hybridized carbons (Fsp3) is 0.316. The van der Waals surface area contributed by atoms with Crippen molar-refractivity contribution in [3.63, 3.8) is 0 Å². The van der Waals surface area contributed by atoms with E-state index in [0.29, 0.717) is 41.5 Å². The monoisotopic (exact) mass is 484 g/mol. The standard InChI is InChI=1S/C19H21IN2O5/c1-4-8-27-18-15(20)9-13(10-17(18)26-5-2)19(23)21-14-7-6-12(3)16(11-14)22(24)25/h6-7,9-11H,4-5,8H2,1-3H3,(H,21,23). The molecule has 27 heavy (non-hydrogen) atoms. The van der Waals surface area contributed by atoms with Crippen molar-refractivity contribution < 1.29 is 19.2 Å². The van der Waals surface area contributed by atoms with E-state index in [-0.39, 0.29) is 11.6 Å². The normalized spacial score (nSPS) is 10.4. The first-order chi connectivity index (χ1) is 12.9. The number of carbonyl (C=O) groups excluding carboxylic acids is 1. The number of amides is 1. The predicted molar refractivity (Wildman–Crippen MR) is 112 cm³/mol. The minimum Gasteiger partial charge on any atom is -0.490 e. The summed E-state index contributed by atoms with van der Waals surface area (Å²) in [5.41, 5.74) is 1.23. The molecule has 1 N–H and O–H groups in total. The van der Waals surface area contributed by atoms with Crippen molar-refractivity contribution in [1.82, 2.24) is 0 Å². The zero-order valence-electron chi connectivity index (χ0n) is 15.4. The first-order valence-electron chi connectivity index (χ1n) is 8.52. The molecule has 0 fully saturated rings. The number of rotatable bonds is 8. The molecule has 2 rings (SSSR count). The summed E-state index contributed by atoms with van der Waals surface area (Å²) in [5.74, 6) is 0.730. The van der Waals surface area contributed by atoms with Crippen LogP contribution < -0.4 is 14.8 Å². The lowest BCUT2D eigenvalue weighted by molar-refractivity contribution is -0.385. The van der Waals surface area contributed by atoms with E-state index in [0.717, 1.165) is 9.99 Å². The minimum absolute atomic E-state index is 0.0410. The largest absolute Gasteiger partial charge is 0.490 e. The lowest BCUT2D eigenvalue weighted by Gasteiger charge is -2.15. The molecule has 0 bridgehead atoms. The molecule has 0 aromatic heterocycles. The van der Waals surface area contributed by atoms with Gasteiger partial charge in [-0.05, 0) is 61.1 Å². The Morgan fingerprint density at radius 1 is 1.22 bits per heavy atom. The number of nitrogens with zero attached hydrogens (tertiary/aromatic N) is 1. The Balaban J connectivity index is 2.30. The second-order valence-corrected chi connectivity index (χ2v) is 6.94. The smallest absolute Gasteiger partial charge is 0.274 e. The SMILES string of the molecule is CCCOc1c(I)cc(C(=O)Nc2ccc(C)c([N+](=O)[O-])c2)cc1OCC. The highest BCUT2D eigenvalue weighted by Gasteiger charge is 2.17. The number of benzene rings is 2. The summed E-state index contributed by atoms with van der Waals surface area (Å²) >= 11 is 2.10. The molecule has 0 spiro atoms. The number of nitro groups is 1. The number of nitro benzene ring substituents is 1. The third-order valence-electron chi connectivity index (χ3n) is 3.69. The van der Waals surface area contributed by atoms with Gasteiger partial charge >= 0.3 is 0 Å². The second-order valence-electron chi connectivity index (χ2n) is 5.78. The van der Waals surface area contributed by atoms with Crippen molar-refractivity contribution in [1.29, 1.82) is 0 Å². The zero-order chi connectivity index (χ0) is 20.0. The Morgan fingerprint density at radius 3 is 2.59 bits per heavy atom. The molecule has 0 aliphatic carbocycles. The average molecular weight is 484 g/mol. The van der Waals surface area contributed by atoms with Crippen LogP contribution in [0, 0.1) is 20.6 Å². The fourth-order valence-corrected chi connectivity index (χ4v) is 3.15. The van der Waals surface area contributed by atoms with E-state index in [9.17, 15) is 14.9 Å². The maximum atomic E-state index is 12.6. The molecule has 0 saturated carbocycles. The van der Waals surface area contributed by atoms with Gasteiger partial charge in [0.05, 0.1) is 21.7 Å². The van der Waals surface area contributed by atoms with E-state index in [2.05, 4.69) is 27.9 Å². The molecule has 0 heterocycles. The van der Waals surface area contributed by atoms with E-state index in [4.69, 9.17) is 9.47 Å². The second kappa shape index (κ2) is 9.54. The van der Waals surface area contributed by atoms with Gasteiger partial charge in [-0.1, -0.05) is 13.0 Å². The Labute approximate surface area is 171 Å². The van der Waals surface area contributed by atoms with Gasteiger partial charge in [0.25, 0.3) is 11.6 Å². The number of hydrogen-bond donors (Lipinski definition) is 1. The van der Waals surface area contributed by atoms with Crippen LogP contribution in [0.3, 0.4) is 0 Å². The molecule has 8 heteroatoms. The van der Waals surface area contributed by atoms with Crippen molar-refractivity contribution >= 4 is 39.9 Å². The summed E-state index contributed by atoms with van der Waals surface area (Å²) in [6, 6.07) is 7.90. The van der Waals surface area contributed by atoms with Crippen LogP contribution in [0.25, 0.3) is 0 Å². The van der Waals surface area contributed by atoms with E-state index < -0.39 is 4.92 Å². The molecule has 0 saturated heterocycles. The Kier molecular flexibility index (Phi) is 7.40. The third-order valence-corrected chi connectivity index (χ3v) is 4.49. The predicted octanol–water partition coefficient (Wildman–Crippen LogP) is 4.95. The zero-order valence-corrected chi connectivity index (χ0v) is 17.5. The van der Waals surface area contributed by atoms with Crippen LogP contribution in [0.15, 0.2) is 30.3 Å². The van der Waals surface area contributed by atoms with E-state index in [1.165, 1.54) is 6.07 Å². The minimum atomic E-state index is -0.471. The number of nitrogens with one attached hydrogen (secondary N) is 1. The molecule has 144 valence electrons. The number of aryl methyl sites for hydroxylation is 1. The van der Waals surface area contributed by atoms with Crippen LogP contribution in [0.1, 0.15) is 36.2 Å². The van der Waals surface area contributed by atoms with Gasteiger partial charge in [0.2, 0.25) is 0 Å². The quantitative estimate of drug-likeness (QED) is 0.326. The highest BCUT2D eigenvalue weighted by Crippen LogP contribution is 2.34. The number of halogens is 1. The van der Waals surface area contributed by atoms with Gasteiger partial charge in [-0.3, -0.25) is 14.9 Å². The summed E-state index contributed by atoms with van der Waals surface area (Å²) in [4.78, 5) is 23.2. The first kappa shape index (κ1) is 20.9. The number of ether oxygens (including phenoxy) is 2. The molecule has 0 aliphatic rings. The van der Waals surface area contributed by atoms with E-state index in [1.54, 1.807) is 31.2 Å². The summed E-state index contributed by atoms with van der Waals surface area (Å²) < 4.78 is 12.1. The fourth-order valence-electron chi connectivity index (χ4n) is 2.39. The molecule has 0 atom stereocenters. The van der Waals surface area contributed by atoms with Crippen molar-refractivity contribution in [2.24, 2.45) is 0 Å². The number of anilines is 1. The van der Waals surface area contributed by atoms with E-state index in [1.807, 2.05) is 13.8 Å². The lowest BCUT2D eigenvalue weighted by Crippen LogP contribution is -2.13. The molecule has 7 nitrogen and oxygen atoms in total. The molecule has 0 radical (unpaired) electrons. The van der Waals surface area contributed by atoms with E-state index >= 15 is 0 Å². The van der Waals surface area contributed by atoms with Crippen molar-refractivity contribution in [3.05, 3.63) is 55.1 Å². The molecule has 1 amide bonds. The molecule has 0 unspecified atom stereocenters. The molecule has 0 aliphatic heterocycles. The van der Waals surface area contributed by atoms with Crippen molar-refractivity contribution in [2.75, 3.05) is 18.5 Å². The summed E-state index contributed by atoms with van der Waals surface area (Å²) in [6.07, 6.45) is 0.857. The van der Waals surface area contributed by atoms with Gasteiger partial charge in [-0.2, -0.15) is 0 Å². The third kappa shape index (κ3) is 5.31. The van der Waals surface area contributed by atoms with Crippen LogP contribution in [0.5, 0.6) is 11.5 Å². The average Bonchev–Trinajstić information content (AvgIpc) is 2.62. The summed E-state index contributed by atoms with van der Waals surface area (Å²) in [5, 5.41) is 13.8. The van der Waals surface area contributed by atoms with Crippen LogP contribution in [-0.4, -0.2) is 24.0 Å². The molecule has 2 aromatic rings. The molecule has 2 aromatic carbocycles. The van der Waals surface area contributed by atoms with Gasteiger partial charge in [-0.25, -0.2) is 0 Å².